The molecule has 3 rings (SSSR count). The Kier molecular flexibility index (Phi) is 9.01. The number of nitrogens with zero attached hydrogens (tertiary/aromatic N) is 1. The molecule has 30 heavy (non-hydrogen) atoms. The van der Waals surface area contributed by atoms with Gasteiger partial charge in [0.25, 0.3) is 5.91 Å². The number of rotatable bonds is 9. The summed E-state index contributed by atoms with van der Waals surface area (Å²) in [5, 5.41) is 3.08. The lowest BCUT2D eigenvalue weighted by Crippen LogP contribution is -2.48. The number of benzene rings is 1. The zero-order valence-electron chi connectivity index (χ0n) is 19.0. The van der Waals surface area contributed by atoms with E-state index in [0.717, 1.165) is 50.3 Å². The lowest BCUT2D eigenvalue weighted by atomic mass is 9.78. The molecule has 0 spiro atoms. The van der Waals surface area contributed by atoms with Crippen molar-refractivity contribution in [2.24, 2.45) is 5.92 Å². The lowest BCUT2D eigenvalue weighted by molar-refractivity contribution is -0.147. The minimum atomic E-state index is -0.686. The van der Waals surface area contributed by atoms with Crippen molar-refractivity contribution in [2.75, 3.05) is 38.2 Å². The number of carbonyl (C=O) groups is 1. The van der Waals surface area contributed by atoms with Crippen LogP contribution in [-0.4, -0.2) is 49.3 Å². The monoisotopic (exact) mass is 416 g/mol. The molecule has 5 nitrogen and oxygen atoms in total. The van der Waals surface area contributed by atoms with Gasteiger partial charge in [-0.05, 0) is 88.7 Å². The molecule has 1 amide bonds. The van der Waals surface area contributed by atoms with Crippen LogP contribution in [0.4, 0.5) is 5.69 Å². The molecule has 1 aromatic carbocycles. The van der Waals surface area contributed by atoms with E-state index >= 15 is 0 Å². The second-order valence-electron chi connectivity index (χ2n) is 9.07. The van der Waals surface area contributed by atoms with Crippen molar-refractivity contribution < 1.29 is 14.3 Å². The van der Waals surface area contributed by atoms with Crippen molar-refractivity contribution >= 4 is 11.6 Å². The fraction of sp³-hybridized carbons (Fsp3) is 0.720. The molecule has 1 saturated carbocycles. The summed E-state index contributed by atoms with van der Waals surface area (Å²) >= 11 is 0. The fourth-order valence-electron chi connectivity index (χ4n) is 4.90. The fourth-order valence-corrected chi connectivity index (χ4v) is 4.90. The molecule has 1 heterocycles. The molecule has 2 aliphatic rings. The summed E-state index contributed by atoms with van der Waals surface area (Å²) in [6.07, 6.45) is 10.3. The number of hydrogen-bond acceptors (Lipinski definition) is 4. The number of anilines is 1. The van der Waals surface area contributed by atoms with Crippen LogP contribution >= 0.6 is 0 Å². The Morgan fingerprint density at radius 2 is 1.87 bits per heavy atom. The quantitative estimate of drug-likeness (QED) is 0.558. The van der Waals surface area contributed by atoms with Crippen LogP contribution < -0.4 is 10.1 Å². The maximum absolute atomic E-state index is 13.0. The molecule has 0 bridgehead atoms. The summed E-state index contributed by atoms with van der Waals surface area (Å²) < 4.78 is 11.9. The van der Waals surface area contributed by atoms with Gasteiger partial charge >= 0.3 is 0 Å². The van der Waals surface area contributed by atoms with Gasteiger partial charge < -0.3 is 19.7 Å². The second kappa shape index (κ2) is 11.7. The molecule has 0 unspecified atom stereocenters. The van der Waals surface area contributed by atoms with E-state index in [-0.39, 0.29) is 5.91 Å². The highest BCUT2D eigenvalue weighted by Gasteiger charge is 2.42. The van der Waals surface area contributed by atoms with Crippen molar-refractivity contribution in [1.29, 1.82) is 0 Å². The van der Waals surface area contributed by atoms with Gasteiger partial charge in [0.1, 0.15) is 11.4 Å². The number of nitrogens with one attached hydrogen (secondary N) is 1. The summed E-state index contributed by atoms with van der Waals surface area (Å²) in [4.78, 5) is 15.6. The van der Waals surface area contributed by atoms with Gasteiger partial charge in [-0.3, -0.25) is 4.79 Å². The highest BCUT2D eigenvalue weighted by atomic mass is 16.5. The Morgan fingerprint density at radius 1 is 1.13 bits per heavy atom. The smallest absolute Gasteiger partial charge is 0.256 e. The van der Waals surface area contributed by atoms with Crippen molar-refractivity contribution in [3.8, 4) is 5.75 Å². The summed E-state index contributed by atoms with van der Waals surface area (Å²) in [6, 6.07) is 7.73. The van der Waals surface area contributed by atoms with Gasteiger partial charge in [-0.25, -0.2) is 0 Å². The van der Waals surface area contributed by atoms with Crippen LogP contribution in [0.3, 0.4) is 0 Å². The van der Waals surface area contributed by atoms with Crippen LogP contribution in [0.5, 0.6) is 5.75 Å². The van der Waals surface area contributed by atoms with Crippen molar-refractivity contribution in [1.82, 2.24) is 4.90 Å². The lowest BCUT2D eigenvalue weighted by Gasteiger charge is -2.38. The molecule has 2 fully saturated rings. The molecule has 1 aliphatic carbocycles. The van der Waals surface area contributed by atoms with Crippen LogP contribution in [-0.2, 0) is 9.53 Å². The van der Waals surface area contributed by atoms with Gasteiger partial charge in [0, 0.05) is 18.8 Å². The van der Waals surface area contributed by atoms with E-state index in [2.05, 4.69) is 17.1 Å². The minimum absolute atomic E-state index is 0.0120. The SMILES string of the molecule is CCO[C@@]1(C(=O)Nc2ccc(OCCCN3CCCCCC3)cc2)CCC[C@@H](C)C1. The first-order valence-corrected chi connectivity index (χ1v) is 12.0. The normalized spacial score (nSPS) is 25.5. The predicted molar refractivity (Wildman–Crippen MR) is 122 cm³/mol. The van der Waals surface area contributed by atoms with Crippen LogP contribution in [0.2, 0.25) is 0 Å². The van der Waals surface area contributed by atoms with E-state index in [1.165, 1.54) is 45.2 Å². The summed E-state index contributed by atoms with van der Waals surface area (Å²) in [7, 11) is 0. The Morgan fingerprint density at radius 3 is 2.53 bits per heavy atom. The molecular formula is C25H40N2O3. The van der Waals surface area contributed by atoms with Gasteiger partial charge in [0.2, 0.25) is 0 Å². The number of likely N-dealkylation sites (tertiary alicyclic amines) is 1. The Labute approximate surface area is 182 Å². The van der Waals surface area contributed by atoms with Crippen molar-refractivity contribution in [3.05, 3.63) is 24.3 Å². The van der Waals surface area contributed by atoms with E-state index in [4.69, 9.17) is 9.47 Å². The highest BCUT2D eigenvalue weighted by molar-refractivity contribution is 5.97. The third-order valence-electron chi connectivity index (χ3n) is 6.49. The van der Waals surface area contributed by atoms with E-state index in [1.54, 1.807) is 0 Å². The molecule has 0 radical (unpaired) electrons. The van der Waals surface area contributed by atoms with Crippen LogP contribution in [0.25, 0.3) is 0 Å². The Bertz CT molecular complexity index is 636. The highest BCUT2D eigenvalue weighted by Crippen LogP contribution is 2.36. The average Bonchev–Trinajstić information content (AvgIpc) is 3.01. The first-order chi connectivity index (χ1) is 14.6. The first-order valence-electron chi connectivity index (χ1n) is 12.0. The molecular weight excluding hydrogens is 376 g/mol. The summed E-state index contributed by atoms with van der Waals surface area (Å²) in [6.45, 7) is 9.04. The van der Waals surface area contributed by atoms with Crippen molar-refractivity contribution in [2.45, 2.75) is 77.2 Å². The number of carbonyl (C=O) groups excluding carboxylic acids is 1. The Balaban J connectivity index is 1.44. The van der Waals surface area contributed by atoms with E-state index in [0.29, 0.717) is 12.5 Å². The zero-order valence-corrected chi connectivity index (χ0v) is 19.0. The first kappa shape index (κ1) is 23.1. The maximum atomic E-state index is 13.0. The number of hydrogen-bond donors (Lipinski definition) is 1. The molecule has 1 saturated heterocycles. The third kappa shape index (κ3) is 6.71. The third-order valence-corrected chi connectivity index (χ3v) is 6.49. The molecule has 168 valence electrons. The largest absolute Gasteiger partial charge is 0.494 e. The summed E-state index contributed by atoms with van der Waals surface area (Å²) in [5.74, 6) is 1.36. The number of amides is 1. The maximum Gasteiger partial charge on any atom is 0.256 e. The topological polar surface area (TPSA) is 50.8 Å². The summed E-state index contributed by atoms with van der Waals surface area (Å²) in [5.41, 5.74) is 0.115. The predicted octanol–water partition coefficient (Wildman–Crippen LogP) is 5.26. The average molecular weight is 417 g/mol. The standard InChI is InChI=1S/C25H40N2O3/c1-3-30-25(15-8-10-21(2)20-25)24(28)26-22-11-13-23(14-12-22)29-19-9-18-27-16-6-4-5-7-17-27/h11-14,21H,3-10,15-20H2,1-2H3,(H,26,28)/t21-,25+/m1/s1. The molecule has 1 N–H and O–H groups in total. The zero-order chi connectivity index (χ0) is 21.2. The van der Waals surface area contributed by atoms with E-state index < -0.39 is 5.60 Å². The van der Waals surface area contributed by atoms with Crippen LogP contribution in [0.1, 0.15) is 71.6 Å². The van der Waals surface area contributed by atoms with Gasteiger partial charge in [-0.2, -0.15) is 0 Å². The molecule has 5 heteroatoms. The van der Waals surface area contributed by atoms with Gasteiger partial charge in [-0.15, -0.1) is 0 Å². The minimum Gasteiger partial charge on any atom is -0.494 e. The molecule has 1 aromatic rings. The van der Waals surface area contributed by atoms with Gasteiger partial charge in [-0.1, -0.05) is 26.2 Å². The van der Waals surface area contributed by atoms with Gasteiger partial charge in [0.05, 0.1) is 6.61 Å². The molecule has 1 aliphatic heterocycles. The molecule has 0 aromatic heterocycles. The second-order valence-corrected chi connectivity index (χ2v) is 9.07. The van der Waals surface area contributed by atoms with Crippen LogP contribution in [0, 0.1) is 5.92 Å². The van der Waals surface area contributed by atoms with Crippen LogP contribution in [0.15, 0.2) is 24.3 Å². The molecule has 2 atom stereocenters. The number of ether oxygens (including phenoxy) is 2. The van der Waals surface area contributed by atoms with Crippen molar-refractivity contribution in [3.63, 3.8) is 0 Å². The van der Waals surface area contributed by atoms with E-state index in [9.17, 15) is 4.79 Å². The Hall–Kier alpha value is -1.59. The van der Waals surface area contributed by atoms with Gasteiger partial charge in [0.15, 0.2) is 0 Å². The van der Waals surface area contributed by atoms with E-state index in [1.807, 2.05) is 31.2 Å².